The zero-order valence-corrected chi connectivity index (χ0v) is 17.8. The van der Waals surface area contributed by atoms with Crippen LogP contribution in [-0.2, 0) is 6.18 Å². The van der Waals surface area contributed by atoms with Crippen molar-refractivity contribution < 1.29 is 18.0 Å². The molecule has 1 amide bonds. The fourth-order valence-electron chi connectivity index (χ4n) is 3.50. The maximum atomic E-state index is 12.9. The lowest BCUT2D eigenvalue weighted by Crippen LogP contribution is -2.48. The number of amides is 1. The summed E-state index contributed by atoms with van der Waals surface area (Å²) in [5, 5.41) is 25.3. The van der Waals surface area contributed by atoms with E-state index < -0.39 is 11.7 Å². The largest absolute Gasteiger partial charge is 0.416 e. The Kier molecular flexibility index (Phi) is 6.44. The van der Waals surface area contributed by atoms with Gasteiger partial charge in [0.25, 0.3) is 5.91 Å². The molecule has 1 fully saturated rings. The topological polar surface area (TPSA) is 114 Å². The third-order valence-corrected chi connectivity index (χ3v) is 5.35. The van der Waals surface area contributed by atoms with E-state index in [9.17, 15) is 23.2 Å². The number of H-pyrrole nitrogens is 1. The summed E-state index contributed by atoms with van der Waals surface area (Å²) < 4.78 is 38.3. The number of hydrogen-bond donors (Lipinski definition) is 2. The van der Waals surface area contributed by atoms with E-state index in [1.165, 1.54) is 18.3 Å². The van der Waals surface area contributed by atoms with Crippen molar-refractivity contribution in [2.24, 2.45) is 0 Å². The van der Waals surface area contributed by atoms with Crippen molar-refractivity contribution >= 4 is 22.9 Å². The lowest BCUT2D eigenvalue weighted by Gasteiger charge is -2.36. The number of nitriles is 1. The van der Waals surface area contributed by atoms with E-state index in [-0.39, 0.29) is 17.3 Å². The molecule has 3 aromatic rings. The van der Waals surface area contributed by atoms with Crippen LogP contribution in [0.4, 0.5) is 24.5 Å². The molecule has 1 aliphatic rings. The maximum absolute atomic E-state index is 12.9. The van der Waals surface area contributed by atoms with Crippen molar-refractivity contribution in [3.8, 4) is 6.07 Å². The van der Waals surface area contributed by atoms with Crippen LogP contribution in [0.3, 0.4) is 0 Å². The van der Waals surface area contributed by atoms with Gasteiger partial charge in [-0.25, -0.2) is 0 Å². The first-order valence-corrected chi connectivity index (χ1v) is 10.3. The zero-order valence-electron chi connectivity index (χ0n) is 17.8. The Hall–Kier alpha value is -4.40. The first-order valence-electron chi connectivity index (χ1n) is 10.3. The molecule has 0 spiro atoms. The number of benzene rings is 2. The van der Waals surface area contributed by atoms with Crippen LogP contribution in [0.15, 0.2) is 54.7 Å². The van der Waals surface area contributed by atoms with Crippen LogP contribution in [0, 0.1) is 11.3 Å². The Morgan fingerprint density at radius 2 is 1.74 bits per heavy atom. The number of allylic oxidation sites excluding steroid dienone is 1. The van der Waals surface area contributed by atoms with Gasteiger partial charge >= 0.3 is 6.18 Å². The number of tetrazole rings is 1. The van der Waals surface area contributed by atoms with E-state index >= 15 is 0 Å². The molecule has 2 heterocycles. The molecule has 4 rings (SSSR count). The number of alkyl halides is 3. The van der Waals surface area contributed by atoms with Crippen LogP contribution in [0.1, 0.15) is 21.7 Å². The highest BCUT2D eigenvalue weighted by Gasteiger charge is 2.30. The molecule has 2 N–H and O–H groups in total. The molecule has 2 aromatic carbocycles. The summed E-state index contributed by atoms with van der Waals surface area (Å²) in [6.07, 6.45) is -2.92. The van der Waals surface area contributed by atoms with Crippen LogP contribution in [-0.4, -0.2) is 57.6 Å². The second-order valence-corrected chi connectivity index (χ2v) is 7.45. The molecule has 0 atom stereocenters. The second-order valence-electron chi connectivity index (χ2n) is 7.45. The molecular weight excluding hydrogens is 449 g/mol. The predicted molar refractivity (Wildman–Crippen MR) is 117 cm³/mol. The molecule has 0 radical (unpaired) electrons. The van der Waals surface area contributed by atoms with Gasteiger partial charge in [-0.15, -0.1) is 10.2 Å². The SMILES string of the molecule is N#CC(=CNc1ccc(C(=O)N2CCN(c3ccc(C(F)(F)F)cc3)CC2)cc1)c1nn[nH]n1. The molecule has 1 aromatic heterocycles. The highest BCUT2D eigenvalue weighted by atomic mass is 19.4. The van der Waals surface area contributed by atoms with Gasteiger partial charge in [-0.05, 0) is 53.7 Å². The Morgan fingerprint density at radius 3 is 2.29 bits per heavy atom. The number of nitrogens with one attached hydrogen (secondary N) is 2. The van der Waals surface area contributed by atoms with Crippen LogP contribution in [0.5, 0.6) is 0 Å². The summed E-state index contributed by atoms with van der Waals surface area (Å²) in [6.45, 7) is 1.96. The van der Waals surface area contributed by atoms with E-state index in [1.54, 1.807) is 29.2 Å². The Labute approximate surface area is 192 Å². The predicted octanol–water partition coefficient (Wildman–Crippen LogP) is 3.16. The van der Waals surface area contributed by atoms with Crippen LogP contribution < -0.4 is 10.2 Å². The first-order chi connectivity index (χ1) is 16.3. The number of anilines is 2. The lowest BCUT2D eigenvalue weighted by molar-refractivity contribution is -0.137. The first kappa shape index (κ1) is 22.8. The monoisotopic (exact) mass is 468 g/mol. The van der Waals surface area contributed by atoms with Crippen LogP contribution >= 0.6 is 0 Å². The quantitative estimate of drug-likeness (QED) is 0.553. The van der Waals surface area contributed by atoms with E-state index in [1.807, 2.05) is 11.0 Å². The minimum absolute atomic E-state index is 0.126. The van der Waals surface area contributed by atoms with E-state index in [4.69, 9.17) is 0 Å². The minimum atomic E-state index is -4.36. The molecule has 0 aliphatic carbocycles. The fraction of sp³-hybridized carbons (Fsp3) is 0.227. The molecule has 9 nitrogen and oxygen atoms in total. The number of halogens is 3. The fourth-order valence-corrected chi connectivity index (χ4v) is 3.50. The average Bonchev–Trinajstić information content (AvgIpc) is 3.39. The lowest BCUT2D eigenvalue weighted by atomic mass is 10.1. The van der Waals surface area contributed by atoms with Gasteiger partial charge in [-0.2, -0.15) is 23.6 Å². The van der Waals surface area contributed by atoms with Gasteiger partial charge in [-0.3, -0.25) is 4.79 Å². The summed E-state index contributed by atoms with van der Waals surface area (Å²) in [5.74, 6) is 0.0379. The minimum Gasteiger partial charge on any atom is -0.368 e. The Balaban J connectivity index is 1.33. The molecule has 0 unspecified atom stereocenters. The van der Waals surface area contributed by atoms with Crippen molar-refractivity contribution in [1.29, 1.82) is 5.26 Å². The summed E-state index contributed by atoms with van der Waals surface area (Å²) in [6, 6.07) is 13.8. The third-order valence-electron chi connectivity index (χ3n) is 5.35. The second kappa shape index (κ2) is 9.62. The Morgan fingerprint density at radius 1 is 1.06 bits per heavy atom. The maximum Gasteiger partial charge on any atom is 0.416 e. The number of rotatable bonds is 5. The van der Waals surface area contributed by atoms with Gasteiger partial charge in [0.15, 0.2) is 0 Å². The molecule has 0 saturated carbocycles. The summed E-state index contributed by atoms with van der Waals surface area (Å²) in [5.41, 5.74) is 1.38. The van der Waals surface area contributed by atoms with Crippen molar-refractivity contribution in [3.05, 3.63) is 71.7 Å². The molecular formula is C22H19F3N8O. The number of piperazine rings is 1. The average molecular weight is 468 g/mol. The number of aromatic amines is 1. The molecule has 34 heavy (non-hydrogen) atoms. The van der Waals surface area contributed by atoms with E-state index in [0.717, 1.165) is 12.1 Å². The van der Waals surface area contributed by atoms with Gasteiger partial charge in [0, 0.05) is 49.3 Å². The summed E-state index contributed by atoms with van der Waals surface area (Å²) >= 11 is 0. The van der Waals surface area contributed by atoms with E-state index in [2.05, 4.69) is 25.9 Å². The molecule has 1 saturated heterocycles. The van der Waals surface area contributed by atoms with E-state index in [0.29, 0.717) is 43.1 Å². The third kappa shape index (κ3) is 5.15. The van der Waals surface area contributed by atoms with Gasteiger partial charge in [0.1, 0.15) is 11.6 Å². The van der Waals surface area contributed by atoms with Crippen molar-refractivity contribution in [1.82, 2.24) is 25.5 Å². The molecule has 1 aliphatic heterocycles. The van der Waals surface area contributed by atoms with Gasteiger partial charge in [-0.1, -0.05) is 0 Å². The number of hydrogen-bond acceptors (Lipinski definition) is 7. The number of carbonyl (C=O) groups is 1. The molecule has 0 bridgehead atoms. The summed E-state index contributed by atoms with van der Waals surface area (Å²) in [4.78, 5) is 16.5. The zero-order chi connectivity index (χ0) is 24.1. The van der Waals surface area contributed by atoms with Gasteiger partial charge in [0.2, 0.25) is 5.82 Å². The molecule has 174 valence electrons. The number of nitrogens with zero attached hydrogens (tertiary/aromatic N) is 6. The van der Waals surface area contributed by atoms with Gasteiger partial charge < -0.3 is 15.1 Å². The smallest absolute Gasteiger partial charge is 0.368 e. The number of aromatic nitrogens is 4. The van der Waals surface area contributed by atoms with Crippen molar-refractivity contribution in [3.63, 3.8) is 0 Å². The van der Waals surface area contributed by atoms with Crippen LogP contribution in [0.2, 0.25) is 0 Å². The van der Waals surface area contributed by atoms with Crippen molar-refractivity contribution in [2.75, 3.05) is 36.4 Å². The standard InChI is InChI=1S/C22H19F3N8O/c23-22(24,25)17-3-7-19(8-4-17)32-9-11-33(12-10-32)21(34)15-1-5-18(6-2-15)27-14-16(13-26)20-28-30-31-29-20/h1-8,14,27H,9-12H2,(H,28,29,30,31). The highest BCUT2D eigenvalue weighted by Crippen LogP contribution is 2.30. The van der Waals surface area contributed by atoms with Crippen molar-refractivity contribution in [2.45, 2.75) is 6.18 Å². The normalized spacial score (nSPS) is 14.6. The number of carbonyl (C=O) groups excluding carboxylic acids is 1. The highest BCUT2D eigenvalue weighted by molar-refractivity contribution is 5.94. The van der Waals surface area contributed by atoms with Crippen LogP contribution in [0.25, 0.3) is 5.57 Å². The summed E-state index contributed by atoms with van der Waals surface area (Å²) in [7, 11) is 0. The van der Waals surface area contributed by atoms with Gasteiger partial charge in [0.05, 0.1) is 5.56 Å². The molecule has 12 heteroatoms. The Bertz CT molecular complexity index is 1190.